The monoisotopic (exact) mass is 492 g/mol. The lowest BCUT2D eigenvalue weighted by Crippen LogP contribution is -2.36. The molecule has 0 spiro atoms. The Morgan fingerprint density at radius 1 is 1.15 bits per heavy atom. The fraction of sp³-hybridized carbons (Fsp3) is 0.143. The van der Waals surface area contributed by atoms with Crippen LogP contribution >= 0.6 is 11.6 Å². The molecule has 0 aliphatic rings. The van der Waals surface area contributed by atoms with Gasteiger partial charge in [0.1, 0.15) is 5.76 Å². The Balaban J connectivity index is 2.03. The minimum absolute atomic E-state index is 0.0320. The molecule has 3 rings (SSSR count). The summed E-state index contributed by atoms with van der Waals surface area (Å²) in [6.45, 7) is 1.73. The van der Waals surface area contributed by atoms with E-state index in [1.54, 1.807) is 6.92 Å². The second kappa shape index (κ2) is 9.43. The minimum Gasteiger partial charge on any atom is -0.462 e. The molecule has 1 amide bonds. The number of esters is 1. The van der Waals surface area contributed by atoms with Crippen molar-refractivity contribution in [2.24, 2.45) is 0 Å². The zero-order valence-electron chi connectivity index (χ0n) is 17.3. The Kier molecular flexibility index (Phi) is 6.84. The van der Waals surface area contributed by atoms with E-state index in [2.05, 4.69) is 0 Å². The van der Waals surface area contributed by atoms with Gasteiger partial charge in [-0.1, -0.05) is 17.7 Å². The fourth-order valence-corrected chi connectivity index (χ4v) is 4.05. The van der Waals surface area contributed by atoms with Crippen LogP contribution in [0.1, 0.15) is 27.8 Å². The molecule has 0 saturated heterocycles. The number of rotatable bonds is 7. The lowest BCUT2D eigenvalue weighted by Gasteiger charge is -2.19. The van der Waals surface area contributed by atoms with Crippen LogP contribution < -0.4 is 4.31 Å². The highest BCUT2D eigenvalue weighted by molar-refractivity contribution is 7.92. The number of hydrogen-bond donors (Lipinski definition) is 0. The van der Waals surface area contributed by atoms with Crippen LogP contribution in [0.25, 0.3) is 11.3 Å². The summed E-state index contributed by atoms with van der Waals surface area (Å²) in [5.41, 5.74) is -0.354. The van der Waals surface area contributed by atoms with Gasteiger partial charge in [-0.25, -0.2) is 17.5 Å². The van der Waals surface area contributed by atoms with Crippen molar-refractivity contribution in [3.63, 3.8) is 0 Å². The smallest absolute Gasteiger partial charge is 0.338 e. The van der Waals surface area contributed by atoms with Crippen LogP contribution in [0.2, 0.25) is 5.02 Å². The van der Waals surface area contributed by atoms with E-state index in [4.69, 9.17) is 20.8 Å². The van der Waals surface area contributed by atoms with Gasteiger partial charge in [-0.05, 0) is 49.4 Å². The first-order valence-corrected chi connectivity index (χ1v) is 11.6. The molecule has 172 valence electrons. The third-order valence-corrected chi connectivity index (χ3v) is 5.62. The van der Waals surface area contributed by atoms with Crippen molar-refractivity contribution < 1.29 is 32.1 Å². The maximum absolute atomic E-state index is 13.1. The van der Waals surface area contributed by atoms with Gasteiger partial charge < -0.3 is 9.15 Å². The number of furan rings is 1. The number of amides is 1. The van der Waals surface area contributed by atoms with Crippen molar-refractivity contribution in [2.45, 2.75) is 6.92 Å². The number of nitro benzene ring substituents is 1. The standard InChI is InChI=1S/C21H17ClN2O8S/c1-3-31-21(26)13-5-4-6-15(11-13)23(33(2,29)30)20(25)19-10-9-18(32-19)16-8-7-14(22)12-17(16)24(27)28/h4-12H,3H2,1-2H3. The number of nitrogens with zero attached hydrogens (tertiary/aromatic N) is 2. The number of benzene rings is 2. The third kappa shape index (κ3) is 5.21. The topological polar surface area (TPSA) is 137 Å². The number of anilines is 1. The summed E-state index contributed by atoms with van der Waals surface area (Å²) >= 11 is 5.82. The van der Waals surface area contributed by atoms with Crippen molar-refractivity contribution in [2.75, 3.05) is 17.2 Å². The molecule has 3 aromatic rings. The Hall–Kier alpha value is -3.70. The average Bonchev–Trinajstić information content (AvgIpc) is 3.23. The first-order valence-electron chi connectivity index (χ1n) is 9.39. The number of carbonyl (C=O) groups excluding carboxylic acids is 2. The van der Waals surface area contributed by atoms with E-state index in [9.17, 15) is 28.1 Å². The molecule has 0 radical (unpaired) electrons. The van der Waals surface area contributed by atoms with Gasteiger partial charge in [0.25, 0.3) is 5.69 Å². The van der Waals surface area contributed by atoms with Gasteiger partial charge in [0.2, 0.25) is 10.0 Å². The van der Waals surface area contributed by atoms with E-state index in [0.29, 0.717) is 4.31 Å². The fourth-order valence-electron chi connectivity index (χ4n) is 2.99. The average molecular weight is 493 g/mol. The highest BCUT2D eigenvalue weighted by Gasteiger charge is 2.30. The molecule has 0 aliphatic heterocycles. The predicted octanol–water partition coefficient (Wildman–Crippen LogP) is 4.29. The van der Waals surface area contributed by atoms with Gasteiger partial charge in [0.15, 0.2) is 5.76 Å². The molecule has 0 saturated carbocycles. The van der Waals surface area contributed by atoms with Gasteiger partial charge in [0, 0.05) is 11.1 Å². The molecule has 0 bridgehead atoms. The van der Waals surface area contributed by atoms with Crippen molar-refractivity contribution in [1.29, 1.82) is 0 Å². The Morgan fingerprint density at radius 3 is 2.52 bits per heavy atom. The Morgan fingerprint density at radius 2 is 1.88 bits per heavy atom. The van der Waals surface area contributed by atoms with E-state index in [0.717, 1.165) is 12.3 Å². The zero-order chi connectivity index (χ0) is 24.3. The third-order valence-electron chi connectivity index (χ3n) is 4.35. The van der Waals surface area contributed by atoms with E-state index in [-0.39, 0.29) is 45.7 Å². The van der Waals surface area contributed by atoms with Gasteiger partial charge in [0.05, 0.1) is 34.6 Å². The summed E-state index contributed by atoms with van der Waals surface area (Å²) in [6, 6.07) is 11.7. The predicted molar refractivity (Wildman–Crippen MR) is 120 cm³/mol. The molecule has 0 atom stereocenters. The number of hydrogen-bond acceptors (Lipinski definition) is 8. The molecule has 1 aromatic heterocycles. The molecule has 0 aliphatic carbocycles. The lowest BCUT2D eigenvalue weighted by atomic mass is 10.1. The summed E-state index contributed by atoms with van der Waals surface area (Å²) < 4.78 is 35.8. The Bertz CT molecular complexity index is 1350. The molecule has 0 N–H and O–H groups in total. The van der Waals surface area contributed by atoms with Crippen molar-refractivity contribution in [3.05, 3.63) is 81.1 Å². The molecule has 1 heterocycles. The maximum Gasteiger partial charge on any atom is 0.338 e. The van der Waals surface area contributed by atoms with Crippen LogP contribution in [0.5, 0.6) is 0 Å². The highest BCUT2D eigenvalue weighted by Crippen LogP contribution is 2.34. The highest BCUT2D eigenvalue weighted by atomic mass is 35.5. The van der Waals surface area contributed by atoms with Crippen LogP contribution in [0.4, 0.5) is 11.4 Å². The second-order valence-corrected chi connectivity index (χ2v) is 8.95. The van der Waals surface area contributed by atoms with Crippen LogP contribution in [-0.4, -0.2) is 38.1 Å². The lowest BCUT2D eigenvalue weighted by molar-refractivity contribution is -0.384. The van der Waals surface area contributed by atoms with Crippen molar-refractivity contribution >= 4 is 44.9 Å². The molecule has 10 nitrogen and oxygen atoms in total. The van der Waals surface area contributed by atoms with E-state index in [1.807, 2.05) is 0 Å². The van der Waals surface area contributed by atoms with E-state index in [1.165, 1.54) is 48.5 Å². The van der Waals surface area contributed by atoms with Gasteiger partial charge >= 0.3 is 11.9 Å². The van der Waals surface area contributed by atoms with Gasteiger partial charge in [-0.2, -0.15) is 0 Å². The van der Waals surface area contributed by atoms with Crippen molar-refractivity contribution in [3.8, 4) is 11.3 Å². The van der Waals surface area contributed by atoms with Gasteiger partial charge in [-0.15, -0.1) is 0 Å². The number of halogens is 1. The SMILES string of the molecule is CCOC(=O)c1cccc(N(C(=O)c2ccc(-c3ccc(Cl)cc3[N+](=O)[O-])o2)S(C)(=O)=O)c1. The normalized spacial score (nSPS) is 11.1. The van der Waals surface area contributed by atoms with E-state index < -0.39 is 26.8 Å². The largest absolute Gasteiger partial charge is 0.462 e. The van der Waals surface area contributed by atoms with Crippen LogP contribution in [0, 0.1) is 10.1 Å². The first kappa shape index (κ1) is 24.0. The van der Waals surface area contributed by atoms with Gasteiger partial charge in [-0.3, -0.25) is 14.9 Å². The van der Waals surface area contributed by atoms with E-state index >= 15 is 0 Å². The van der Waals surface area contributed by atoms with Crippen LogP contribution in [0.3, 0.4) is 0 Å². The molecular weight excluding hydrogens is 476 g/mol. The summed E-state index contributed by atoms with van der Waals surface area (Å²) in [5.74, 6) is -2.16. The summed E-state index contributed by atoms with van der Waals surface area (Å²) in [7, 11) is -4.16. The molecule has 12 heteroatoms. The number of ether oxygens (including phenoxy) is 1. The quantitative estimate of drug-likeness (QED) is 0.270. The summed E-state index contributed by atoms with van der Waals surface area (Å²) in [5, 5.41) is 11.5. The van der Waals surface area contributed by atoms with Crippen LogP contribution in [0.15, 0.2) is 59.0 Å². The number of carbonyl (C=O) groups is 2. The molecular formula is C21H17ClN2O8S. The molecule has 0 fully saturated rings. The summed E-state index contributed by atoms with van der Waals surface area (Å²) in [6.07, 6.45) is 0.815. The molecule has 33 heavy (non-hydrogen) atoms. The molecule has 2 aromatic carbocycles. The van der Waals surface area contributed by atoms with Crippen LogP contribution in [-0.2, 0) is 14.8 Å². The summed E-state index contributed by atoms with van der Waals surface area (Å²) in [4.78, 5) is 35.8. The zero-order valence-corrected chi connectivity index (χ0v) is 18.9. The van der Waals surface area contributed by atoms with Crippen molar-refractivity contribution in [1.82, 2.24) is 0 Å². The first-order chi connectivity index (χ1) is 15.5. The minimum atomic E-state index is -4.16. The maximum atomic E-state index is 13.1. The number of sulfonamides is 1. The second-order valence-electron chi connectivity index (χ2n) is 6.69. The Labute approximate surface area is 193 Å². The number of nitro groups is 1. The molecule has 0 unspecified atom stereocenters.